The highest BCUT2D eigenvalue weighted by molar-refractivity contribution is 5.24. The van der Waals surface area contributed by atoms with Crippen molar-refractivity contribution < 1.29 is 4.74 Å². The van der Waals surface area contributed by atoms with E-state index in [1.165, 1.54) is 36.5 Å². The van der Waals surface area contributed by atoms with Gasteiger partial charge in [-0.25, -0.2) is 4.98 Å². The fraction of sp³-hybridized carbons (Fsp3) is 0.800. The van der Waals surface area contributed by atoms with Crippen LogP contribution in [0, 0.1) is 5.92 Å². The maximum atomic E-state index is 5.73. The van der Waals surface area contributed by atoms with Gasteiger partial charge in [0.2, 0.25) is 0 Å². The molecule has 0 bridgehead atoms. The molecule has 4 rings (SSSR count). The SMILES string of the molecule is CC1OCCC1Cn1c(C2CC2)nc2c1CCNC2. The molecule has 0 radical (unpaired) electrons. The molecule has 104 valence electrons. The highest BCUT2D eigenvalue weighted by Crippen LogP contribution is 2.41. The van der Waals surface area contributed by atoms with Crippen molar-refractivity contribution in [2.45, 2.75) is 57.7 Å². The van der Waals surface area contributed by atoms with Gasteiger partial charge in [0.1, 0.15) is 5.82 Å². The lowest BCUT2D eigenvalue weighted by atomic mass is 10.0. The van der Waals surface area contributed by atoms with Crippen LogP contribution < -0.4 is 5.32 Å². The monoisotopic (exact) mass is 261 g/mol. The zero-order valence-corrected chi connectivity index (χ0v) is 11.7. The lowest BCUT2D eigenvalue weighted by Crippen LogP contribution is -2.27. The number of hydrogen-bond donors (Lipinski definition) is 1. The standard InChI is InChI=1S/C15H23N3O/c1-10-12(5-7-19-10)9-18-14-4-6-16-8-13(14)17-15(18)11-2-3-11/h10-12,16H,2-9H2,1H3. The van der Waals surface area contributed by atoms with Crippen LogP contribution in [0.5, 0.6) is 0 Å². The largest absolute Gasteiger partial charge is 0.378 e. The molecule has 4 heteroatoms. The Balaban J connectivity index is 1.66. The second-order valence-electron chi connectivity index (χ2n) is 6.30. The molecule has 0 spiro atoms. The maximum absolute atomic E-state index is 5.73. The Morgan fingerprint density at radius 1 is 1.37 bits per heavy atom. The van der Waals surface area contributed by atoms with E-state index in [9.17, 15) is 0 Å². The summed E-state index contributed by atoms with van der Waals surface area (Å²) in [5.74, 6) is 2.78. The van der Waals surface area contributed by atoms with E-state index in [-0.39, 0.29) is 0 Å². The summed E-state index contributed by atoms with van der Waals surface area (Å²) in [5.41, 5.74) is 2.81. The van der Waals surface area contributed by atoms with E-state index < -0.39 is 0 Å². The van der Waals surface area contributed by atoms with Gasteiger partial charge in [0.25, 0.3) is 0 Å². The Morgan fingerprint density at radius 3 is 3.00 bits per heavy atom. The van der Waals surface area contributed by atoms with Gasteiger partial charge in [-0.05, 0) is 26.2 Å². The average Bonchev–Trinajstić information content (AvgIpc) is 3.10. The van der Waals surface area contributed by atoms with Crippen LogP contribution in [0.25, 0.3) is 0 Å². The maximum Gasteiger partial charge on any atom is 0.112 e. The molecule has 4 nitrogen and oxygen atoms in total. The zero-order chi connectivity index (χ0) is 12.8. The normalized spacial score (nSPS) is 30.6. The summed E-state index contributed by atoms with van der Waals surface area (Å²) in [7, 11) is 0. The molecule has 19 heavy (non-hydrogen) atoms. The molecule has 2 unspecified atom stereocenters. The minimum absolute atomic E-state index is 0.409. The van der Waals surface area contributed by atoms with Crippen molar-refractivity contribution in [3.8, 4) is 0 Å². The number of aromatic nitrogens is 2. The number of hydrogen-bond acceptors (Lipinski definition) is 3. The summed E-state index contributed by atoms with van der Waals surface area (Å²) < 4.78 is 8.29. The molecule has 1 aromatic rings. The minimum atomic E-state index is 0.409. The number of rotatable bonds is 3. The second-order valence-corrected chi connectivity index (χ2v) is 6.30. The van der Waals surface area contributed by atoms with Crippen LogP contribution in [0.15, 0.2) is 0 Å². The Hall–Kier alpha value is -0.870. The zero-order valence-electron chi connectivity index (χ0n) is 11.7. The van der Waals surface area contributed by atoms with Crippen LogP contribution in [0.1, 0.15) is 49.3 Å². The predicted molar refractivity (Wildman–Crippen MR) is 73.1 cm³/mol. The molecule has 1 aromatic heterocycles. The Morgan fingerprint density at radius 2 is 2.26 bits per heavy atom. The lowest BCUT2D eigenvalue weighted by Gasteiger charge is -2.20. The first kappa shape index (κ1) is 11.9. The van der Waals surface area contributed by atoms with Gasteiger partial charge in [-0.3, -0.25) is 0 Å². The summed E-state index contributed by atoms with van der Waals surface area (Å²) >= 11 is 0. The second kappa shape index (κ2) is 4.60. The van der Waals surface area contributed by atoms with E-state index >= 15 is 0 Å². The van der Waals surface area contributed by atoms with Crippen molar-refractivity contribution in [1.29, 1.82) is 0 Å². The van der Waals surface area contributed by atoms with E-state index in [2.05, 4.69) is 16.8 Å². The number of imidazole rings is 1. The van der Waals surface area contributed by atoms with Crippen molar-refractivity contribution in [3.05, 3.63) is 17.2 Å². The Kier molecular flexibility index (Phi) is 2.88. The van der Waals surface area contributed by atoms with Gasteiger partial charge in [-0.1, -0.05) is 0 Å². The molecule has 1 saturated heterocycles. The molecule has 2 fully saturated rings. The molecule has 0 aromatic carbocycles. The van der Waals surface area contributed by atoms with E-state index in [1.54, 1.807) is 0 Å². The highest BCUT2D eigenvalue weighted by Gasteiger charge is 2.34. The van der Waals surface area contributed by atoms with Crippen molar-refractivity contribution in [1.82, 2.24) is 14.9 Å². The third kappa shape index (κ3) is 2.11. The lowest BCUT2D eigenvalue weighted by molar-refractivity contribution is 0.101. The number of ether oxygens (including phenoxy) is 1. The fourth-order valence-electron chi connectivity index (χ4n) is 3.50. The van der Waals surface area contributed by atoms with Gasteiger partial charge in [0.15, 0.2) is 0 Å². The quantitative estimate of drug-likeness (QED) is 0.902. The molecular formula is C15H23N3O. The van der Waals surface area contributed by atoms with Crippen LogP contribution in [-0.4, -0.2) is 28.8 Å². The summed E-state index contributed by atoms with van der Waals surface area (Å²) in [5, 5.41) is 3.44. The molecule has 2 aliphatic heterocycles. The number of nitrogens with one attached hydrogen (secondary N) is 1. The van der Waals surface area contributed by atoms with E-state index in [1.807, 2.05) is 0 Å². The van der Waals surface area contributed by atoms with Crippen LogP contribution in [0.4, 0.5) is 0 Å². The predicted octanol–water partition coefficient (Wildman–Crippen LogP) is 1.83. The molecular weight excluding hydrogens is 238 g/mol. The smallest absolute Gasteiger partial charge is 0.112 e. The first-order valence-corrected chi connectivity index (χ1v) is 7.73. The molecule has 3 heterocycles. The van der Waals surface area contributed by atoms with Gasteiger partial charge in [0, 0.05) is 50.2 Å². The summed E-state index contributed by atoms with van der Waals surface area (Å²) in [6.45, 7) is 6.33. The van der Waals surface area contributed by atoms with Gasteiger partial charge >= 0.3 is 0 Å². The van der Waals surface area contributed by atoms with E-state index in [4.69, 9.17) is 9.72 Å². The van der Waals surface area contributed by atoms with Crippen molar-refractivity contribution in [3.63, 3.8) is 0 Å². The summed E-state index contributed by atoms with van der Waals surface area (Å²) in [6.07, 6.45) is 5.42. The van der Waals surface area contributed by atoms with Crippen molar-refractivity contribution >= 4 is 0 Å². The van der Waals surface area contributed by atoms with Crippen molar-refractivity contribution in [2.75, 3.05) is 13.2 Å². The van der Waals surface area contributed by atoms with Crippen LogP contribution in [0.3, 0.4) is 0 Å². The first-order chi connectivity index (χ1) is 9.33. The molecule has 1 N–H and O–H groups in total. The van der Waals surface area contributed by atoms with Gasteiger partial charge < -0.3 is 14.6 Å². The number of fused-ring (bicyclic) bond motifs is 1. The molecule has 3 aliphatic rings. The van der Waals surface area contributed by atoms with E-state index in [0.717, 1.165) is 38.6 Å². The Labute approximate surface area is 114 Å². The molecule has 2 atom stereocenters. The summed E-state index contributed by atoms with van der Waals surface area (Å²) in [6, 6.07) is 0. The van der Waals surface area contributed by atoms with Crippen LogP contribution in [-0.2, 0) is 24.2 Å². The van der Waals surface area contributed by atoms with Gasteiger partial charge in [-0.2, -0.15) is 0 Å². The van der Waals surface area contributed by atoms with Crippen molar-refractivity contribution in [2.24, 2.45) is 5.92 Å². The van der Waals surface area contributed by atoms with Crippen LogP contribution in [0.2, 0.25) is 0 Å². The van der Waals surface area contributed by atoms with Crippen LogP contribution >= 0.6 is 0 Å². The van der Waals surface area contributed by atoms with Gasteiger partial charge in [-0.15, -0.1) is 0 Å². The van der Waals surface area contributed by atoms with E-state index in [0.29, 0.717) is 12.0 Å². The fourth-order valence-corrected chi connectivity index (χ4v) is 3.50. The third-order valence-corrected chi connectivity index (χ3v) is 4.91. The summed E-state index contributed by atoms with van der Waals surface area (Å²) in [4.78, 5) is 4.94. The third-order valence-electron chi connectivity index (χ3n) is 4.91. The molecule has 1 saturated carbocycles. The molecule has 1 aliphatic carbocycles. The van der Waals surface area contributed by atoms with Gasteiger partial charge in [0.05, 0.1) is 11.8 Å². The highest BCUT2D eigenvalue weighted by atomic mass is 16.5. The first-order valence-electron chi connectivity index (χ1n) is 7.73. The topological polar surface area (TPSA) is 39.1 Å². The Bertz CT molecular complexity index is 478. The average molecular weight is 261 g/mol. The molecule has 0 amide bonds. The number of nitrogens with zero attached hydrogens (tertiary/aromatic N) is 2. The minimum Gasteiger partial charge on any atom is -0.378 e.